The molecule has 2 heterocycles. The topological polar surface area (TPSA) is 68.7 Å². The quantitative estimate of drug-likeness (QED) is 0.619. The highest BCUT2D eigenvalue weighted by Gasteiger charge is 2.26. The second kappa shape index (κ2) is 7.26. The molecule has 2 atom stereocenters. The van der Waals surface area contributed by atoms with Crippen LogP contribution in [-0.4, -0.2) is 53.7 Å². The molecule has 1 aliphatic heterocycles. The Morgan fingerprint density at radius 3 is 2.59 bits per heavy atom. The first-order chi connectivity index (χ1) is 10.4. The minimum Gasteiger partial charge on any atom is -0.452 e. The van der Waals surface area contributed by atoms with Gasteiger partial charge in [-0.05, 0) is 19.9 Å². The number of halogens is 2. The summed E-state index contributed by atoms with van der Waals surface area (Å²) in [6, 6.07) is 1.35. The van der Waals surface area contributed by atoms with E-state index in [1.54, 1.807) is 4.90 Å². The van der Waals surface area contributed by atoms with Crippen molar-refractivity contribution in [3.63, 3.8) is 0 Å². The summed E-state index contributed by atoms with van der Waals surface area (Å²) in [7, 11) is 0. The Hall–Kier alpha value is -1.37. The largest absolute Gasteiger partial charge is 0.452 e. The van der Waals surface area contributed by atoms with E-state index in [0.29, 0.717) is 13.1 Å². The van der Waals surface area contributed by atoms with Crippen molar-refractivity contribution in [1.29, 1.82) is 0 Å². The monoisotopic (exact) mass is 346 g/mol. The lowest BCUT2D eigenvalue weighted by Gasteiger charge is -2.35. The Morgan fingerprint density at radius 1 is 1.36 bits per heavy atom. The van der Waals surface area contributed by atoms with Crippen molar-refractivity contribution in [2.75, 3.05) is 19.7 Å². The number of carbonyl (C=O) groups is 2. The number of esters is 1. The fraction of sp³-hybridized carbons (Fsp3) is 0.500. The molecule has 1 fully saturated rings. The average Bonchev–Trinajstić information content (AvgIpc) is 2.46. The third-order valence-corrected chi connectivity index (χ3v) is 3.82. The molecule has 0 N–H and O–H groups in total. The maximum Gasteiger partial charge on any atom is 0.340 e. The van der Waals surface area contributed by atoms with Crippen LogP contribution in [0.15, 0.2) is 12.3 Å². The number of ether oxygens (including phenoxy) is 2. The molecular formula is C14H16Cl2N2O4. The van der Waals surface area contributed by atoms with E-state index in [-0.39, 0.29) is 40.5 Å². The minimum atomic E-state index is -0.672. The molecule has 1 aromatic heterocycles. The molecule has 0 aromatic carbocycles. The maximum atomic E-state index is 12.1. The van der Waals surface area contributed by atoms with Gasteiger partial charge >= 0.3 is 5.97 Å². The maximum absolute atomic E-state index is 12.1. The number of hydrogen-bond donors (Lipinski definition) is 0. The lowest BCUT2D eigenvalue weighted by molar-refractivity contribution is -0.146. The number of morpholine rings is 1. The van der Waals surface area contributed by atoms with Gasteiger partial charge in [-0.2, -0.15) is 0 Å². The molecule has 0 spiro atoms. The van der Waals surface area contributed by atoms with Crippen LogP contribution in [-0.2, 0) is 14.3 Å². The highest BCUT2D eigenvalue weighted by molar-refractivity contribution is 6.41. The normalized spacial score (nSPS) is 21.5. The number of amides is 1. The van der Waals surface area contributed by atoms with Gasteiger partial charge in [-0.25, -0.2) is 9.78 Å². The summed E-state index contributed by atoms with van der Waals surface area (Å²) < 4.78 is 10.5. The first-order valence-corrected chi connectivity index (χ1v) is 7.53. The molecule has 0 bridgehead atoms. The average molecular weight is 347 g/mol. The molecule has 1 saturated heterocycles. The lowest BCUT2D eigenvalue weighted by Crippen LogP contribution is -2.49. The van der Waals surface area contributed by atoms with Gasteiger partial charge in [0.05, 0.1) is 22.8 Å². The van der Waals surface area contributed by atoms with Gasteiger partial charge in [0.2, 0.25) is 0 Å². The predicted octanol–water partition coefficient (Wildman–Crippen LogP) is 2.18. The molecule has 0 aliphatic carbocycles. The smallest absolute Gasteiger partial charge is 0.340 e. The zero-order chi connectivity index (χ0) is 16.3. The van der Waals surface area contributed by atoms with Crippen molar-refractivity contribution in [3.8, 4) is 0 Å². The first kappa shape index (κ1) is 17.0. The van der Waals surface area contributed by atoms with Gasteiger partial charge in [0.1, 0.15) is 5.15 Å². The summed E-state index contributed by atoms with van der Waals surface area (Å²) in [5.41, 5.74) is 0.144. The molecule has 0 unspecified atom stereocenters. The third kappa shape index (κ3) is 4.32. The number of hydrogen-bond acceptors (Lipinski definition) is 5. The van der Waals surface area contributed by atoms with Gasteiger partial charge in [0.15, 0.2) is 6.61 Å². The third-order valence-electron chi connectivity index (χ3n) is 3.13. The number of pyridine rings is 1. The highest BCUT2D eigenvalue weighted by atomic mass is 35.5. The molecule has 0 saturated carbocycles. The standard InChI is InChI=1S/C14H16Cl2N2O4/c1-8-5-18(6-9(2)22-8)12(19)7-21-14(20)10-3-11(15)13(16)17-4-10/h3-4,8-9H,5-7H2,1-2H3/t8-,9+. The van der Waals surface area contributed by atoms with Crippen LogP contribution in [0.3, 0.4) is 0 Å². The van der Waals surface area contributed by atoms with Gasteiger partial charge in [0, 0.05) is 19.3 Å². The van der Waals surface area contributed by atoms with Crippen molar-refractivity contribution in [3.05, 3.63) is 28.0 Å². The fourth-order valence-electron chi connectivity index (χ4n) is 2.22. The molecule has 22 heavy (non-hydrogen) atoms. The van der Waals surface area contributed by atoms with Gasteiger partial charge in [-0.15, -0.1) is 0 Å². The van der Waals surface area contributed by atoms with Gasteiger partial charge < -0.3 is 14.4 Å². The van der Waals surface area contributed by atoms with Crippen LogP contribution < -0.4 is 0 Å². The number of carbonyl (C=O) groups excluding carboxylic acids is 2. The van der Waals surface area contributed by atoms with E-state index < -0.39 is 5.97 Å². The van der Waals surface area contributed by atoms with Crippen LogP contribution in [0.2, 0.25) is 10.2 Å². The second-order valence-electron chi connectivity index (χ2n) is 5.13. The summed E-state index contributed by atoms with van der Waals surface area (Å²) in [6.45, 7) is 4.41. The van der Waals surface area contributed by atoms with Gasteiger partial charge in [-0.3, -0.25) is 4.79 Å². The van der Waals surface area contributed by atoms with Crippen LogP contribution in [0, 0.1) is 0 Å². The SMILES string of the molecule is C[C@@H]1CN(C(=O)COC(=O)c2cnc(Cl)c(Cl)c2)C[C@H](C)O1. The molecule has 120 valence electrons. The summed E-state index contributed by atoms with van der Waals surface area (Å²) in [5, 5.41) is 0.254. The highest BCUT2D eigenvalue weighted by Crippen LogP contribution is 2.20. The summed E-state index contributed by atoms with van der Waals surface area (Å²) >= 11 is 11.5. The van der Waals surface area contributed by atoms with Crippen LogP contribution in [0.5, 0.6) is 0 Å². The predicted molar refractivity (Wildman–Crippen MR) is 81.1 cm³/mol. The van der Waals surface area contributed by atoms with E-state index in [9.17, 15) is 9.59 Å². The Balaban J connectivity index is 1.90. The Morgan fingerprint density at radius 2 is 2.00 bits per heavy atom. The summed E-state index contributed by atoms with van der Waals surface area (Å²) in [6.07, 6.45) is 1.17. The molecule has 6 nitrogen and oxygen atoms in total. The second-order valence-corrected chi connectivity index (χ2v) is 5.89. The van der Waals surface area contributed by atoms with E-state index in [1.165, 1.54) is 12.3 Å². The van der Waals surface area contributed by atoms with Crippen molar-refractivity contribution in [2.45, 2.75) is 26.1 Å². The summed E-state index contributed by atoms with van der Waals surface area (Å²) in [5.74, 6) is -0.933. The number of rotatable bonds is 3. The van der Waals surface area contributed by atoms with Crippen molar-refractivity contribution >= 4 is 35.1 Å². The summed E-state index contributed by atoms with van der Waals surface area (Å²) in [4.78, 5) is 29.3. The van der Waals surface area contributed by atoms with Crippen molar-refractivity contribution < 1.29 is 19.1 Å². The van der Waals surface area contributed by atoms with Crippen LogP contribution >= 0.6 is 23.2 Å². The lowest BCUT2D eigenvalue weighted by atomic mass is 10.2. The van der Waals surface area contributed by atoms with Crippen molar-refractivity contribution in [1.82, 2.24) is 9.88 Å². The zero-order valence-electron chi connectivity index (χ0n) is 12.2. The first-order valence-electron chi connectivity index (χ1n) is 6.78. The molecule has 1 aromatic rings. The van der Waals surface area contributed by atoms with E-state index in [1.807, 2.05) is 13.8 Å². The Labute approximate surface area is 138 Å². The van der Waals surface area contributed by atoms with Crippen molar-refractivity contribution in [2.24, 2.45) is 0 Å². The fourth-order valence-corrected chi connectivity index (χ4v) is 2.49. The molecule has 0 radical (unpaired) electrons. The molecular weight excluding hydrogens is 331 g/mol. The zero-order valence-corrected chi connectivity index (χ0v) is 13.7. The number of nitrogens with zero attached hydrogens (tertiary/aromatic N) is 2. The van der Waals surface area contributed by atoms with Gasteiger partial charge in [0.25, 0.3) is 5.91 Å². The van der Waals surface area contributed by atoms with E-state index >= 15 is 0 Å². The molecule has 1 amide bonds. The van der Waals surface area contributed by atoms with E-state index in [2.05, 4.69) is 4.98 Å². The van der Waals surface area contributed by atoms with E-state index in [4.69, 9.17) is 32.7 Å². The number of aromatic nitrogens is 1. The Bertz CT molecular complexity index is 572. The van der Waals surface area contributed by atoms with Crippen LogP contribution in [0.25, 0.3) is 0 Å². The van der Waals surface area contributed by atoms with Crippen LogP contribution in [0.4, 0.5) is 0 Å². The molecule has 1 aliphatic rings. The van der Waals surface area contributed by atoms with Gasteiger partial charge in [-0.1, -0.05) is 23.2 Å². The van der Waals surface area contributed by atoms with Crippen LogP contribution in [0.1, 0.15) is 24.2 Å². The Kier molecular flexibility index (Phi) is 5.61. The molecule has 8 heteroatoms. The minimum absolute atomic E-state index is 0.0392. The molecule has 2 rings (SSSR count). The van der Waals surface area contributed by atoms with E-state index in [0.717, 1.165) is 0 Å².